The van der Waals surface area contributed by atoms with E-state index in [0.29, 0.717) is 6.07 Å². The van der Waals surface area contributed by atoms with Crippen molar-refractivity contribution in [1.29, 1.82) is 0 Å². The maximum atomic E-state index is 10.6. The Morgan fingerprint density at radius 1 is 1.00 bits per heavy atom. The molecule has 0 fully saturated rings. The molecule has 0 unspecified atom stereocenters. The highest BCUT2D eigenvalue weighted by Crippen LogP contribution is 2.39. The van der Waals surface area contributed by atoms with Crippen LogP contribution in [0.5, 0.6) is 5.75 Å². The highest BCUT2D eigenvalue weighted by molar-refractivity contribution is 5.66. The number of hydrogen-bond donors (Lipinski definition) is 0. The number of benzene rings is 1. The van der Waals surface area contributed by atoms with Gasteiger partial charge >= 0.3 is 11.4 Å². The van der Waals surface area contributed by atoms with Crippen LogP contribution in [0.1, 0.15) is 0 Å². The number of hydrogen-bond acceptors (Lipinski definition) is 7. The van der Waals surface area contributed by atoms with Crippen LogP contribution >= 0.6 is 0 Å². The zero-order chi connectivity index (χ0) is 13.2. The monoisotopic (exact) mass is 243 g/mol. The summed E-state index contributed by atoms with van der Waals surface area (Å²) in [7, 11) is 1.02. The number of nitro groups is 3. The smallest absolute Gasteiger partial charge is 0.387 e. The Kier molecular flexibility index (Phi) is 3.17. The summed E-state index contributed by atoms with van der Waals surface area (Å²) in [5, 5.41) is 31.7. The van der Waals surface area contributed by atoms with E-state index in [9.17, 15) is 30.3 Å². The molecule has 90 valence electrons. The van der Waals surface area contributed by atoms with E-state index < -0.39 is 37.6 Å². The van der Waals surface area contributed by atoms with Crippen molar-refractivity contribution in [3.05, 3.63) is 42.5 Å². The summed E-state index contributed by atoms with van der Waals surface area (Å²) in [5.41, 5.74) is -2.55. The van der Waals surface area contributed by atoms with Crippen molar-refractivity contribution < 1.29 is 19.5 Å². The number of methoxy groups -OCH3 is 1. The molecule has 0 radical (unpaired) electrons. The lowest BCUT2D eigenvalue weighted by atomic mass is 10.2. The lowest BCUT2D eigenvalue weighted by molar-refractivity contribution is -0.425. The second-order valence-electron chi connectivity index (χ2n) is 2.79. The molecule has 0 aromatic heterocycles. The van der Waals surface area contributed by atoms with Gasteiger partial charge in [0.2, 0.25) is 5.75 Å². The largest absolute Gasteiger partial charge is 0.490 e. The summed E-state index contributed by atoms with van der Waals surface area (Å²) in [6.45, 7) is 0. The molecule has 0 aliphatic rings. The molecule has 0 heterocycles. The number of nitrogens with zero attached hydrogens (tertiary/aromatic N) is 3. The predicted molar refractivity (Wildman–Crippen MR) is 53.0 cm³/mol. The van der Waals surface area contributed by atoms with E-state index in [2.05, 4.69) is 4.74 Å². The quantitative estimate of drug-likeness (QED) is 0.575. The molecule has 0 aliphatic heterocycles. The first kappa shape index (κ1) is 12.3. The molecule has 0 spiro atoms. The Bertz CT molecular complexity index is 512. The van der Waals surface area contributed by atoms with Crippen LogP contribution in [-0.2, 0) is 0 Å². The fraction of sp³-hybridized carbons (Fsp3) is 0.143. The van der Waals surface area contributed by atoms with Gasteiger partial charge in [-0.3, -0.25) is 30.3 Å². The number of rotatable bonds is 4. The van der Waals surface area contributed by atoms with Gasteiger partial charge < -0.3 is 4.74 Å². The highest BCUT2D eigenvalue weighted by atomic mass is 16.6. The minimum Gasteiger partial charge on any atom is -0.490 e. The van der Waals surface area contributed by atoms with Crippen LogP contribution in [0.4, 0.5) is 17.1 Å². The first-order valence-corrected chi connectivity index (χ1v) is 4.03. The van der Waals surface area contributed by atoms with Gasteiger partial charge in [0.1, 0.15) is 6.07 Å². The van der Waals surface area contributed by atoms with Crippen LogP contribution in [-0.4, -0.2) is 21.9 Å². The van der Waals surface area contributed by atoms with Gasteiger partial charge in [-0.05, 0) is 0 Å². The van der Waals surface area contributed by atoms with Gasteiger partial charge in [0.25, 0.3) is 5.69 Å². The topological polar surface area (TPSA) is 139 Å². The minimum absolute atomic E-state index is 0.515. The van der Waals surface area contributed by atoms with Gasteiger partial charge in [-0.25, -0.2) is 0 Å². The summed E-state index contributed by atoms with van der Waals surface area (Å²) in [6.07, 6.45) is 0. The average molecular weight is 243 g/mol. The van der Waals surface area contributed by atoms with Gasteiger partial charge in [-0.1, -0.05) is 0 Å². The second kappa shape index (κ2) is 4.38. The number of ether oxygens (including phenoxy) is 1. The summed E-state index contributed by atoms with van der Waals surface area (Å²) < 4.78 is 4.54. The molecule has 0 N–H and O–H groups in total. The van der Waals surface area contributed by atoms with Crippen LogP contribution in [0.15, 0.2) is 12.1 Å². The van der Waals surface area contributed by atoms with E-state index in [-0.39, 0.29) is 0 Å². The molecule has 1 aromatic rings. The molecule has 0 atom stereocenters. The molecule has 10 heteroatoms. The lowest BCUT2D eigenvalue weighted by Crippen LogP contribution is -2.01. The summed E-state index contributed by atoms with van der Waals surface area (Å²) >= 11 is 0. The third kappa shape index (κ3) is 2.25. The fourth-order valence-electron chi connectivity index (χ4n) is 1.16. The minimum atomic E-state index is -1.08. The number of non-ortho nitro benzene ring substituents is 1. The zero-order valence-electron chi connectivity index (χ0n) is 8.35. The van der Waals surface area contributed by atoms with Crippen molar-refractivity contribution in [3.63, 3.8) is 0 Å². The first-order chi connectivity index (χ1) is 7.88. The lowest BCUT2D eigenvalue weighted by Gasteiger charge is -2.01. The van der Waals surface area contributed by atoms with Crippen LogP contribution in [0, 0.1) is 30.3 Å². The van der Waals surface area contributed by atoms with Crippen LogP contribution in [0.3, 0.4) is 0 Å². The van der Waals surface area contributed by atoms with E-state index in [4.69, 9.17) is 0 Å². The molecule has 0 saturated heterocycles. The maximum Gasteiger partial charge on any atom is 0.387 e. The van der Waals surface area contributed by atoms with Gasteiger partial charge in [0.15, 0.2) is 0 Å². The van der Waals surface area contributed by atoms with E-state index in [0.717, 1.165) is 13.2 Å². The summed E-state index contributed by atoms with van der Waals surface area (Å²) in [4.78, 5) is 28.7. The summed E-state index contributed by atoms with van der Waals surface area (Å²) in [5.74, 6) is -0.532. The van der Waals surface area contributed by atoms with Crippen LogP contribution in [0.25, 0.3) is 0 Å². The van der Waals surface area contributed by atoms with E-state index in [1.54, 1.807) is 0 Å². The molecule has 10 nitrogen and oxygen atoms in total. The fourth-order valence-corrected chi connectivity index (χ4v) is 1.16. The number of nitro benzene ring substituents is 3. The Hall–Kier alpha value is -2.78. The SMILES string of the molecule is COc1cc([N+](=O)[O-])cc([N+](=O)[O-])c1[N+](=O)[O-]. The first-order valence-electron chi connectivity index (χ1n) is 4.03. The van der Waals surface area contributed by atoms with Gasteiger partial charge in [0.05, 0.1) is 27.9 Å². The molecule has 0 bridgehead atoms. The average Bonchev–Trinajstić information content (AvgIpc) is 2.26. The van der Waals surface area contributed by atoms with Crippen LogP contribution in [0.2, 0.25) is 0 Å². The predicted octanol–water partition coefficient (Wildman–Crippen LogP) is 1.42. The van der Waals surface area contributed by atoms with E-state index in [1.807, 2.05) is 0 Å². The molecule has 17 heavy (non-hydrogen) atoms. The zero-order valence-corrected chi connectivity index (χ0v) is 8.35. The van der Waals surface area contributed by atoms with Gasteiger partial charge in [-0.15, -0.1) is 0 Å². The maximum absolute atomic E-state index is 10.6. The molecular weight excluding hydrogens is 238 g/mol. The normalized spacial score (nSPS) is 9.71. The Morgan fingerprint density at radius 3 is 1.94 bits per heavy atom. The highest BCUT2D eigenvalue weighted by Gasteiger charge is 2.33. The standard InChI is InChI=1S/C7H5N3O7/c1-17-6-3-4(8(11)12)2-5(9(13)14)7(6)10(15)16/h2-3H,1H3. The van der Waals surface area contributed by atoms with Crippen LogP contribution < -0.4 is 4.74 Å². The molecule has 0 saturated carbocycles. The van der Waals surface area contributed by atoms with Crippen molar-refractivity contribution in [2.24, 2.45) is 0 Å². The van der Waals surface area contributed by atoms with E-state index >= 15 is 0 Å². The molecule has 0 amide bonds. The van der Waals surface area contributed by atoms with Gasteiger partial charge in [-0.2, -0.15) is 0 Å². The molecular formula is C7H5N3O7. The Labute approximate surface area is 92.9 Å². The Balaban J connectivity index is 3.63. The van der Waals surface area contributed by atoms with Crippen molar-refractivity contribution >= 4 is 17.1 Å². The third-order valence-corrected chi connectivity index (χ3v) is 1.85. The van der Waals surface area contributed by atoms with E-state index in [1.165, 1.54) is 0 Å². The third-order valence-electron chi connectivity index (χ3n) is 1.85. The van der Waals surface area contributed by atoms with Crippen molar-refractivity contribution in [1.82, 2.24) is 0 Å². The van der Waals surface area contributed by atoms with Crippen molar-refractivity contribution in [2.45, 2.75) is 0 Å². The molecule has 0 aliphatic carbocycles. The van der Waals surface area contributed by atoms with Gasteiger partial charge in [0, 0.05) is 0 Å². The van der Waals surface area contributed by atoms with Crippen molar-refractivity contribution in [3.8, 4) is 5.75 Å². The summed E-state index contributed by atoms with van der Waals surface area (Å²) in [6, 6.07) is 1.27. The Morgan fingerprint density at radius 2 is 1.59 bits per heavy atom. The van der Waals surface area contributed by atoms with Crippen molar-refractivity contribution in [2.75, 3.05) is 7.11 Å². The second-order valence-corrected chi connectivity index (χ2v) is 2.79. The molecule has 1 rings (SSSR count). The molecule has 1 aromatic carbocycles.